The lowest BCUT2D eigenvalue weighted by Crippen LogP contribution is -3.00. The maximum atomic E-state index is 15.3. The number of rotatable bonds is 11. The zero-order chi connectivity index (χ0) is 33.0. The molecule has 9 nitrogen and oxygen atoms in total. The number of carbonyl (C=O) groups excluding carboxylic acids is 1. The number of thiazole rings is 1. The minimum absolute atomic E-state index is 0. The van der Waals surface area contributed by atoms with E-state index in [0.717, 1.165) is 34.4 Å². The van der Waals surface area contributed by atoms with Crippen LogP contribution in [0.1, 0.15) is 45.7 Å². The summed E-state index contributed by atoms with van der Waals surface area (Å²) < 4.78 is 38.0. The van der Waals surface area contributed by atoms with E-state index in [1.807, 2.05) is 35.9 Å². The first kappa shape index (κ1) is 38.2. The Hall–Kier alpha value is -4.25. The normalized spacial score (nSPS) is 12.6. The minimum Gasteiger partial charge on any atom is -1.00 e. The monoisotopic (exact) mass is 714 g/mol. The summed E-state index contributed by atoms with van der Waals surface area (Å²) in [7, 11) is 1.67. The van der Waals surface area contributed by atoms with E-state index >= 15 is 4.39 Å². The van der Waals surface area contributed by atoms with E-state index < -0.39 is 23.2 Å². The molecule has 48 heavy (non-hydrogen) atoms. The van der Waals surface area contributed by atoms with Crippen molar-refractivity contribution >= 4 is 29.7 Å². The molecule has 0 aliphatic carbocycles. The molecule has 0 aliphatic heterocycles. The van der Waals surface area contributed by atoms with Crippen LogP contribution in [-0.2, 0) is 23.5 Å². The highest BCUT2D eigenvalue weighted by Crippen LogP contribution is 2.41. The van der Waals surface area contributed by atoms with Crippen LogP contribution in [0.4, 0.5) is 8.78 Å². The molecule has 2 N–H and O–H groups in total. The number of ether oxygens (including phenoxy) is 1. The summed E-state index contributed by atoms with van der Waals surface area (Å²) in [5.74, 6) is -2.20. The minimum atomic E-state index is -1.85. The number of hydrogen-bond donors (Lipinski definition) is 2. The summed E-state index contributed by atoms with van der Waals surface area (Å²) in [6.07, 6.45) is 3.30. The van der Waals surface area contributed by atoms with Gasteiger partial charge in [-0.15, -0.1) is 28.4 Å². The molecule has 0 spiro atoms. The average Bonchev–Trinajstić information content (AvgIpc) is 3.68. The number of aromatic nitrogens is 4. The molecule has 5 rings (SSSR count). The summed E-state index contributed by atoms with van der Waals surface area (Å²) >= 11 is 1.32. The average molecular weight is 716 g/mol. The van der Waals surface area contributed by atoms with Gasteiger partial charge < -0.3 is 27.6 Å². The van der Waals surface area contributed by atoms with Crippen molar-refractivity contribution in [1.29, 1.82) is 5.26 Å². The van der Waals surface area contributed by atoms with Crippen molar-refractivity contribution in [2.75, 3.05) is 13.6 Å². The van der Waals surface area contributed by atoms with Gasteiger partial charge in [-0.3, -0.25) is 4.79 Å². The number of nitriles is 1. The highest BCUT2D eigenvalue weighted by atomic mass is 35.5. The van der Waals surface area contributed by atoms with Gasteiger partial charge >= 0.3 is 5.97 Å². The fourth-order valence-electron chi connectivity index (χ4n) is 5.41. The van der Waals surface area contributed by atoms with Crippen LogP contribution in [0.2, 0.25) is 0 Å². The Morgan fingerprint density at radius 3 is 2.48 bits per heavy atom. The van der Waals surface area contributed by atoms with Crippen molar-refractivity contribution < 1.29 is 40.4 Å². The molecule has 0 saturated carbocycles. The predicted molar refractivity (Wildman–Crippen MR) is 175 cm³/mol. The van der Waals surface area contributed by atoms with Crippen LogP contribution >= 0.6 is 23.7 Å². The first-order valence-electron chi connectivity index (χ1n) is 14.5. The van der Waals surface area contributed by atoms with Crippen molar-refractivity contribution in [2.24, 2.45) is 0 Å². The molecule has 0 fully saturated rings. The SMILES string of the molecule is CNCC(=O)Oc1c(C)cc(C[n+]2cnn(C[C@](O)(c3ccc(F)cc3F)[C@@H](C)c3nc(-c4ccc(C#N)cc4)cs3)c2)cc1C.Cl.[Cl-]. The van der Waals surface area contributed by atoms with Crippen LogP contribution in [-0.4, -0.2) is 39.4 Å². The molecule has 0 saturated heterocycles. The van der Waals surface area contributed by atoms with E-state index in [2.05, 4.69) is 16.5 Å². The highest BCUT2D eigenvalue weighted by Gasteiger charge is 2.43. The number of esters is 1. The first-order valence-corrected chi connectivity index (χ1v) is 15.4. The van der Waals surface area contributed by atoms with Gasteiger partial charge in [0.25, 0.3) is 6.33 Å². The standard InChI is InChI=1S/C34H33F2N6O3S.2ClH/c1-21-11-25(12-22(2)32(21)45-31(43)15-38-4)16-41-19-39-42(20-41)18-34(44,28-10-9-27(35)13-29(28)36)23(3)33-40-30(17-46-33)26-7-5-24(14-37)6-8-26;;/h5-13,17,19-20,23,38,44H,15-16,18H2,1-4H3;2*1H/q+1;;/p-1/t23-,34+;;/m0../s1. The van der Waals surface area contributed by atoms with E-state index in [1.165, 1.54) is 22.1 Å². The maximum Gasteiger partial charge on any atom is 0.325 e. The number of halogens is 4. The second kappa shape index (κ2) is 16.2. The summed E-state index contributed by atoms with van der Waals surface area (Å²) in [6, 6.07) is 16.1. The number of benzene rings is 3. The van der Waals surface area contributed by atoms with Crippen LogP contribution in [0.5, 0.6) is 5.75 Å². The van der Waals surface area contributed by atoms with E-state index in [0.29, 0.717) is 28.6 Å². The predicted octanol–water partition coefficient (Wildman–Crippen LogP) is 2.35. The number of aliphatic hydroxyl groups is 1. The molecule has 0 radical (unpaired) electrons. The van der Waals surface area contributed by atoms with Gasteiger partial charge in [0.15, 0.2) is 0 Å². The Balaban J connectivity index is 0.00000312. The summed E-state index contributed by atoms with van der Waals surface area (Å²) in [5, 5.41) is 31.0. The molecular weight excluding hydrogens is 681 g/mol. The molecular formula is C34H34Cl2F2N6O3S. The zero-order valence-electron chi connectivity index (χ0n) is 26.6. The Labute approximate surface area is 293 Å². The largest absolute Gasteiger partial charge is 1.00 e. The Bertz CT molecular complexity index is 1910. The fraction of sp³-hybridized carbons (Fsp3) is 0.265. The van der Waals surface area contributed by atoms with Crippen molar-refractivity contribution in [2.45, 2.75) is 45.4 Å². The van der Waals surface area contributed by atoms with E-state index in [1.54, 1.807) is 50.9 Å². The van der Waals surface area contributed by atoms with Crippen LogP contribution in [0.3, 0.4) is 0 Å². The van der Waals surface area contributed by atoms with E-state index in [-0.39, 0.29) is 49.4 Å². The molecule has 2 heterocycles. The molecule has 0 unspecified atom stereocenters. The summed E-state index contributed by atoms with van der Waals surface area (Å²) in [4.78, 5) is 16.7. The molecule has 0 bridgehead atoms. The van der Waals surface area contributed by atoms with Crippen molar-refractivity contribution in [3.8, 4) is 23.1 Å². The number of nitrogens with zero attached hydrogens (tertiary/aromatic N) is 5. The molecule has 3 aromatic carbocycles. The Kier molecular flexibility index (Phi) is 12.9. The van der Waals surface area contributed by atoms with E-state index in [4.69, 9.17) is 15.0 Å². The van der Waals surface area contributed by atoms with Crippen LogP contribution in [0, 0.1) is 36.8 Å². The molecule has 0 aliphatic rings. The second-order valence-electron chi connectivity index (χ2n) is 11.2. The van der Waals surface area contributed by atoms with Gasteiger partial charge in [0, 0.05) is 33.6 Å². The van der Waals surface area contributed by atoms with Gasteiger partial charge in [0.05, 0.1) is 35.4 Å². The van der Waals surface area contributed by atoms with Crippen molar-refractivity contribution in [1.82, 2.24) is 20.1 Å². The van der Waals surface area contributed by atoms with Crippen molar-refractivity contribution in [3.05, 3.63) is 117 Å². The van der Waals surface area contributed by atoms with Crippen LogP contribution in [0.25, 0.3) is 11.3 Å². The molecule has 14 heteroatoms. The van der Waals surface area contributed by atoms with Gasteiger partial charge in [0.1, 0.15) is 29.5 Å². The lowest BCUT2D eigenvalue weighted by Gasteiger charge is -2.32. The third kappa shape index (κ3) is 8.42. The number of nitrogens with one attached hydrogen (secondary N) is 1. The van der Waals surface area contributed by atoms with Crippen LogP contribution < -0.4 is 27.0 Å². The second-order valence-corrected chi connectivity index (χ2v) is 12.1. The maximum absolute atomic E-state index is 15.3. The lowest BCUT2D eigenvalue weighted by atomic mass is 9.82. The lowest BCUT2D eigenvalue weighted by molar-refractivity contribution is -0.689. The fourth-order valence-corrected chi connectivity index (χ4v) is 6.38. The zero-order valence-corrected chi connectivity index (χ0v) is 29.0. The van der Waals surface area contributed by atoms with Crippen molar-refractivity contribution in [3.63, 3.8) is 0 Å². The molecule has 0 amide bonds. The Morgan fingerprint density at radius 1 is 1.17 bits per heavy atom. The topological polar surface area (TPSA) is 117 Å². The summed E-state index contributed by atoms with van der Waals surface area (Å²) in [5.41, 5.74) is 2.62. The Morgan fingerprint density at radius 2 is 1.85 bits per heavy atom. The van der Waals surface area contributed by atoms with Gasteiger partial charge in [-0.2, -0.15) is 5.26 Å². The quantitative estimate of drug-likeness (QED) is 0.123. The number of carbonyl (C=O) groups is 1. The number of likely N-dealkylation sites (N-methyl/N-ethyl adjacent to an activating group) is 1. The molecule has 2 aromatic heterocycles. The highest BCUT2D eigenvalue weighted by molar-refractivity contribution is 7.10. The van der Waals surface area contributed by atoms with Gasteiger partial charge in [-0.1, -0.05) is 25.1 Å². The molecule has 252 valence electrons. The smallest absolute Gasteiger partial charge is 0.325 e. The number of hydrogen-bond acceptors (Lipinski definition) is 8. The molecule has 5 aromatic rings. The van der Waals surface area contributed by atoms with Crippen LogP contribution in [0.15, 0.2) is 72.6 Å². The third-order valence-corrected chi connectivity index (χ3v) is 8.80. The number of aryl methyl sites for hydroxylation is 2. The first-order chi connectivity index (χ1) is 22.0. The van der Waals surface area contributed by atoms with Gasteiger partial charge in [-0.05, 0) is 67.9 Å². The van der Waals surface area contributed by atoms with Gasteiger partial charge in [-0.25, -0.2) is 18.3 Å². The summed E-state index contributed by atoms with van der Waals surface area (Å²) in [6.45, 7) is 5.88. The molecule has 2 atom stereocenters. The third-order valence-electron chi connectivity index (χ3n) is 7.77. The van der Waals surface area contributed by atoms with Gasteiger partial charge in [0.2, 0.25) is 6.33 Å². The van der Waals surface area contributed by atoms with E-state index in [9.17, 15) is 14.3 Å².